The zero-order valence-electron chi connectivity index (χ0n) is 32.1. The summed E-state index contributed by atoms with van der Waals surface area (Å²) in [4.78, 5) is 16.4. The molecule has 5 aromatic carbocycles. The van der Waals surface area contributed by atoms with Crippen LogP contribution in [0, 0.1) is 116 Å². The van der Waals surface area contributed by atoms with Crippen molar-refractivity contribution in [2.75, 3.05) is 0 Å². The van der Waals surface area contributed by atoms with Crippen LogP contribution in [-0.2, 0) is 6.54 Å². The van der Waals surface area contributed by atoms with Gasteiger partial charge in [-0.15, -0.1) is 21.9 Å². The summed E-state index contributed by atoms with van der Waals surface area (Å²) in [5.41, 5.74) is -12.4. The smallest absolute Gasteiger partial charge is 0.267 e. The average molecular weight is 948 g/mol. The van der Waals surface area contributed by atoms with Crippen LogP contribution in [0.25, 0.3) is 0 Å². The molecule has 3 nitrogen and oxygen atoms in total. The SMILES string of the molecule is CCCCCC(=O)c1cncc[n+]1Cc1ccccc1.Fc1c(F)c(F)c([B-](c2c(F)c(F)c(F)c(F)c2F)(c2c(F)c(F)c(F)c(F)c2F)c2c(F)c(F)c(F)c(F)c2F)c(F)c1F. The average Bonchev–Trinajstić information content (AvgIpc) is 3.29. The molecule has 0 saturated heterocycles. The van der Waals surface area contributed by atoms with Crippen molar-refractivity contribution in [1.29, 1.82) is 0 Å². The number of Topliss-reactive ketones (excluding diaryl/α,β-unsaturated/α-hetero) is 1. The predicted molar refractivity (Wildman–Crippen MR) is 188 cm³/mol. The Morgan fingerprint density at radius 2 is 0.769 bits per heavy atom. The third kappa shape index (κ3) is 8.37. The summed E-state index contributed by atoms with van der Waals surface area (Å²) in [6, 6.07) is 10.2. The first kappa shape index (κ1) is 49.5. The molecule has 0 amide bonds. The number of aromatic nitrogens is 2. The summed E-state index contributed by atoms with van der Waals surface area (Å²) in [5.74, 6) is -71.2. The Labute approximate surface area is 351 Å². The molecule has 344 valence electrons. The van der Waals surface area contributed by atoms with Gasteiger partial charge >= 0.3 is 0 Å². The van der Waals surface area contributed by atoms with Crippen molar-refractivity contribution >= 4 is 33.8 Å². The van der Waals surface area contributed by atoms with Crippen LogP contribution < -0.4 is 26.4 Å². The lowest BCUT2D eigenvalue weighted by molar-refractivity contribution is -0.690. The van der Waals surface area contributed by atoms with E-state index in [1.165, 1.54) is 5.56 Å². The highest BCUT2D eigenvalue weighted by Crippen LogP contribution is 2.31. The minimum Gasteiger partial charge on any atom is -0.287 e. The molecule has 65 heavy (non-hydrogen) atoms. The van der Waals surface area contributed by atoms with Gasteiger partial charge in [-0.25, -0.2) is 87.8 Å². The molecule has 0 saturated carbocycles. The molecule has 1 heterocycles. The number of rotatable bonds is 11. The Kier molecular flexibility index (Phi) is 14.7. The van der Waals surface area contributed by atoms with Gasteiger partial charge in [0, 0.05) is 12.0 Å². The molecule has 6 aromatic rings. The lowest BCUT2D eigenvalue weighted by Gasteiger charge is -2.44. The molecule has 0 aliphatic carbocycles. The molecule has 0 aliphatic heterocycles. The van der Waals surface area contributed by atoms with Crippen LogP contribution >= 0.6 is 0 Å². The topological polar surface area (TPSA) is 33.8 Å². The molecule has 6 rings (SSSR count). The van der Waals surface area contributed by atoms with Gasteiger partial charge in [0.25, 0.3) is 5.69 Å². The minimum absolute atomic E-state index is 0.183. The highest BCUT2D eigenvalue weighted by Gasteiger charge is 2.52. The van der Waals surface area contributed by atoms with Crippen LogP contribution in [0.4, 0.5) is 87.8 Å². The van der Waals surface area contributed by atoms with E-state index in [1.807, 2.05) is 29.0 Å². The van der Waals surface area contributed by atoms with Crippen molar-refractivity contribution in [3.8, 4) is 0 Å². The van der Waals surface area contributed by atoms with Crippen LogP contribution in [0.1, 0.15) is 48.7 Å². The van der Waals surface area contributed by atoms with Crippen LogP contribution in [0.5, 0.6) is 0 Å². The minimum atomic E-state index is -7.22. The molecule has 24 heteroatoms. The second-order valence-electron chi connectivity index (χ2n) is 13.8. The second kappa shape index (κ2) is 19.3. The Balaban J connectivity index is 0.000000330. The van der Waals surface area contributed by atoms with Gasteiger partial charge < -0.3 is 0 Å². The number of unbranched alkanes of at least 4 members (excludes halogenated alkanes) is 2. The zero-order chi connectivity index (χ0) is 48.6. The Morgan fingerprint density at radius 3 is 1.08 bits per heavy atom. The summed E-state index contributed by atoms with van der Waals surface area (Å²) in [5, 5.41) is 0. The fourth-order valence-corrected chi connectivity index (χ4v) is 7.08. The maximum absolute atomic E-state index is 15.4. The molecule has 0 aliphatic rings. The first-order valence-corrected chi connectivity index (χ1v) is 18.1. The van der Waals surface area contributed by atoms with Gasteiger partial charge in [-0.3, -0.25) is 9.78 Å². The summed E-state index contributed by atoms with van der Waals surface area (Å²) in [6.45, 7) is 2.85. The summed E-state index contributed by atoms with van der Waals surface area (Å²) < 4.78 is 296. The van der Waals surface area contributed by atoms with Crippen molar-refractivity contribution in [3.63, 3.8) is 0 Å². The van der Waals surface area contributed by atoms with E-state index in [-0.39, 0.29) is 5.78 Å². The number of benzene rings is 5. The Bertz CT molecular complexity index is 2460. The van der Waals surface area contributed by atoms with Crippen LogP contribution in [0.2, 0.25) is 0 Å². The highest BCUT2D eigenvalue weighted by molar-refractivity contribution is 7.20. The molecule has 0 radical (unpaired) electrons. The lowest BCUT2D eigenvalue weighted by atomic mass is 9.12. The van der Waals surface area contributed by atoms with Crippen LogP contribution in [0.15, 0.2) is 48.9 Å². The molecule has 0 N–H and O–H groups in total. The monoisotopic (exact) mass is 948 g/mol. The molecular formula is C41H21BF20N2O. The standard InChI is InChI=1S/C24BF20.C17H21N2O/c26-5-1(6(27)14(35)21(42)13(5)34)25(2-7(28)15(36)22(43)16(37)8(2)29,3-9(30)17(38)23(44)18(39)10(3)31)4-11(32)19(40)24(45)20(41)12(4)33;1-2-3-5-10-17(20)16-13-18-11-12-19(16)14-15-8-6-4-7-9-15/h;4,6-9,11-13H,2-3,5,10,14H2,1H3/q-1;+1. The maximum atomic E-state index is 15.4. The fourth-order valence-electron chi connectivity index (χ4n) is 7.08. The van der Waals surface area contributed by atoms with E-state index in [2.05, 4.69) is 24.0 Å². The quantitative estimate of drug-likeness (QED) is 0.0247. The third-order valence-corrected chi connectivity index (χ3v) is 10.0. The van der Waals surface area contributed by atoms with E-state index < -0.39 is 144 Å². The van der Waals surface area contributed by atoms with Gasteiger partial charge in [0.15, 0.2) is 82.5 Å². The summed E-state index contributed by atoms with van der Waals surface area (Å²) >= 11 is 0. The number of ketones is 1. The van der Waals surface area contributed by atoms with Crippen molar-refractivity contribution < 1.29 is 97.2 Å². The van der Waals surface area contributed by atoms with E-state index in [0.717, 1.165) is 19.3 Å². The van der Waals surface area contributed by atoms with E-state index in [0.29, 0.717) is 18.7 Å². The van der Waals surface area contributed by atoms with Gasteiger partial charge in [0.05, 0.1) is 6.20 Å². The van der Waals surface area contributed by atoms with Crippen molar-refractivity contribution in [2.24, 2.45) is 0 Å². The third-order valence-electron chi connectivity index (χ3n) is 10.0. The van der Waals surface area contributed by atoms with Crippen LogP contribution in [0.3, 0.4) is 0 Å². The van der Waals surface area contributed by atoms with Gasteiger partial charge in [0.2, 0.25) is 5.78 Å². The Hall–Kier alpha value is -6.49. The number of halogens is 20. The Morgan fingerprint density at radius 1 is 0.462 bits per heavy atom. The largest absolute Gasteiger partial charge is 0.287 e. The van der Waals surface area contributed by atoms with Crippen molar-refractivity contribution in [1.82, 2.24) is 4.98 Å². The van der Waals surface area contributed by atoms with E-state index >= 15 is 35.1 Å². The van der Waals surface area contributed by atoms with E-state index in [4.69, 9.17) is 0 Å². The maximum Gasteiger partial charge on any atom is 0.267 e. The predicted octanol–water partition coefficient (Wildman–Crippen LogP) is 9.03. The van der Waals surface area contributed by atoms with Crippen LogP contribution in [-0.4, -0.2) is 16.9 Å². The molecule has 0 bridgehead atoms. The fraction of sp³-hybridized carbons (Fsp3) is 0.146. The zero-order valence-corrected chi connectivity index (χ0v) is 32.1. The first-order chi connectivity index (χ1) is 30.5. The summed E-state index contributed by atoms with van der Waals surface area (Å²) in [7, 11) is 0. The number of hydrogen-bond acceptors (Lipinski definition) is 2. The van der Waals surface area contributed by atoms with Gasteiger partial charge in [-0.2, -0.15) is 4.57 Å². The normalized spacial score (nSPS) is 11.5. The van der Waals surface area contributed by atoms with Gasteiger partial charge in [-0.1, -0.05) is 50.1 Å². The number of carbonyl (C=O) groups excluding carboxylic acids is 1. The van der Waals surface area contributed by atoms with Crippen molar-refractivity contribution in [2.45, 2.75) is 39.2 Å². The molecule has 1 aromatic heterocycles. The number of hydrogen-bond donors (Lipinski definition) is 0. The molecule has 0 unspecified atom stereocenters. The summed E-state index contributed by atoms with van der Waals surface area (Å²) in [6.07, 6.45) is 1.85. The van der Waals surface area contributed by atoms with E-state index in [9.17, 15) is 57.5 Å². The molecular weight excluding hydrogens is 927 g/mol. The van der Waals surface area contributed by atoms with Gasteiger partial charge in [-0.05, 0) is 6.42 Å². The van der Waals surface area contributed by atoms with E-state index in [1.54, 1.807) is 12.4 Å². The number of nitrogens with zero attached hydrogens (tertiary/aromatic N) is 2. The molecule has 0 atom stereocenters. The molecule has 0 fully saturated rings. The highest BCUT2D eigenvalue weighted by atomic mass is 19.2. The second-order valence-corrected chi connectivity index (χ2v) is 13.8. The number of carbonyl (C=O) groups is 1. The molecule has 0 spiro atoms. The van der Waals surface area contributed by atoms with Gasteiger partial charge in [0.1, 0.15) is 58.9 Å². The first-order valence-electron chi connectivity index (χ1n) is 18.1. The van der Waals surface area contributed by atoms with Crippen molar-refractivity contribution in [3.05, 3.63) is 177 Å². The lowest BCUT2D eigenvalue weighted by Crippen LogP contribution is -2.81.